The fourth-order valence-electron chi connectivity index (χ4n) is 3.20. The molecule has 0 radical (unpaired) electrons. The van der Waals surface area contributed by atoms with Gasteiger partial charge in [-0.15, -0.1) is 6.58 Å². The number of aryl methyl sites for hydroxylation is 1. The second-order valence-electron chi connectivity index (χ2n) is 6.15. The van der Waals surface area contributed by atoms with E-state index in [2.05, 4.69) is 35.4 Å². The Balaban J connectivity index is 1.84. The molecule has 3 rings (SSSR count). The van der Waals surface area contributed by atoms with E-state index in [4.69, 9.17) is 4.74 Å². The van der Waals surface area contributed by atoms with E-state index in [1.165, 1.54) is 5.56 Å². The zero-order valence-electron chi connectivity index (χ0n) is 14.5. The van der Waals surface area contributed by atoms with Crippen LogP contribution in [0.2, 0.25) is 0 Å². The van der Waals surface area contributed by atoms with Gasteiger partial charge in [-0.05, 0) is 43.0 Å². The fraction of sp³-hybridized carbons (Fsp3) is 0.227. The summed E-state index contributed by atoms with van der Waals surface area (Å²) >= 11 is 0. The van der Waals surface area contributed by atoms with Crippen LogP contribution in [0.15, 0.2) is 78.2 Å². The maximum absolute atomic E-state index is 12.2. The Kier molecular flexibility index (Phi) is 5.34. The molecular formula is C22H23NO2. The molecule has 0 bridgehead atoms. The number of hydrogen-bond donors (Lipinski definition) is 0. The number of allylic oxidation sites excluding steroid dienone is 1. The first-order valence-corrected chi connectivity index (χ1v) is 8.58. The van der Waals surface area contributed by atoms with E-state index in [-0.39, 0.29) is 11.5 Å². The standard InChI is InChI=1S/C22H23NO2/c1-3-18(11-7-10-17-8-5-4-6-9-17)23-15-14-22(24)20-16-19(25-2)12-13-21(20)23/h3-6,8-9,12-16,18H,1,7,10-11H2,2H3. The van der Waals surface area contributed by atoms with Crippen LogP contribution in [0.25, 0.3) is 10.9 Å². The molecule has 128 valence electrons. The van der Waals surface area contributed by atoms with Crippen molar-refractivity contribution in [1.82, 2.24) is 4.57 Å². The Morgan fingerprint density at radius 2 is 1.96 bits per heavy atom. The second kappa shape index (κ2) is 7.84. The van der Waals surface area contributed by atoms with E-state index in [0.29, 0.717) is 11.1 Å². The highest BCUT2D eigenvalue weighted by Crippen LogP contribution is 2.24. The number of methoxy groups -OCH3 is 1. The van der Waals surface area contributed by atoms with E-state index in [1.807, 2.05) is 30.5 Å². The van der Waals surface area contributed by atoms with Crippen LogP contribution < -0.4 is 10.2 Å². The molecule has 0 saturated heterocycles. The number of hydrogen-bond acceptors (Lipinski definition) is 2. The van der Waals surface area contributed by atoms with Gasteiger partial charge in [0.05, 0.1) is 18.7 Å². The molecule has 0 spiro atoms. The topological polar surface area (TPSA) is 31.2 Å². The van der Waals surface area contributed by atoms with Crippen LogP contribution in [0.3, 0.4) is 0 Å². The minimum absolute atomic E-state index is 0.0113. The maximum atomic E-state index is 12.2. The molecule has 2 aromatic carbocycles. The molecule has 0 aliphatic carbocycles. The molecule has 3 aromatic rings. The van der Waals surface area contributed by atoms with E-state index < -0.39 is 0 Å². The molecule has 0 amide bonds. The highest BCUT2D eigenvalue weighted by molar-refractivity contribution is 5.80. The highest BCUT2D eigenvalue weighted by atomic mass is 16.5. The summed E-state index contributed by atoms with van der Waals surface area (Å²) in [5.41, 5.74) is 2.27. The van der Waals surface area contributed by atoms with Crippen LogP contribution in [0, 0.1) is 0 Å². The molecule has 1 heterocycles. The molecule has 0 aliphatic rings. The van der Waals surface area contributed by atoms with Gasteiger partial charge in [0.25, 0.3) is 0 Å². The van der Waals surface area contributed by atoms with Gasteiger partial charge in [0, 0.05) is 17.6 Å². The molecule has 25 heavy (non-hydrogen) atoms. The first kappa shape index (κ1) is 17.0. The third kappa shape index (κ3) is 3.82. The normalized spacial score (nSPS) is 12.0. The lowest BCUT2D eigenvalue weighted by molar-refractivity contribution is 0.415. The summed E-state index contributed by atoms with van der Waals surface area (Å²) in [5, 5.41) is 0.678. The molecule has 1 atom stereocenters. The molecule has 1 aromatic heterocycles. The van der Waals surface area contributed by atoms with Crippen molar-refractivity contribution in [2.75, 3.05) is 7.11 Å². The van der Waals surface area contributed by atoms with E-state index in [0.717, 1.165) is 24.8 Å². The van der Waals surface area contributed by atoms with Crippen LogP contribution in [0.4, 0.5) is 0 Å². The van der Waals surface area contributed by atoms with Gasteiger partial charge in [0.1, 0.15) is 5.75 Å². The summed E-state index contributed by atoms with van der Waals surface area (Å²) in [6.45, 7) is 4.00. The quantitative estimate of drug-likeness (QED) is 0.584. The molecular weight excluding hydrogens is 310 g/mol. The van der Waals surface area contributed by atoms with Crippen LogP contribution in [-0.4, -0.2) is 11.7 Å². The second-order valence-corrected chi connectivity index (χ2v) is 6.15. The Morgan fingerprint density at radius 3 is 2.68 bits per heavy atom. The average Bonchev–Trinajstić information content (AvgIpc) is 2.67. The zero-order chi connectivity index (χ0) is 17.6. The van der Waals surface area contributed by atoms with E-state index in [9.17, 15) is 4.79 Å². The number of benzene rings is 2. The van der Waals surface area contributed by atoms with E-state index >= 15 is 0 Å². The Bertz CT molecular complexity index is 912. The fourth-order valence-corrected chi connectivity index (χ4v) is 3.20. The smallest absolute Gasteiger partial charge is 0.189 e. The summed E-state index contributed by atoms with van der Waals surface area (Å²) in [5.74, 6) is 0.696. The van der Waals surface area contributed by atoms with Crippen LogP contribution in [-0.2, 0) is 6.42 Å². The summed E-state index contributed by atoms with van der Waals surface area (Å²) in [7, 11) is 1.61. The van der Waals surface area contributed by atoms with Crippen molar-refractivity contribution in [3.8, 4) is 5.75 Å². The summed E-state index contributed by atoms with van der Waals surface area (Å²) < 4.78 is 7.38. The molecule has 0 saturated carbocycles. The van der Waals surface area contributed by atoms with E-state index in [1.54, 1.807) is 19.2 Å². The lowest BCUT2D eigenvalue weighted by atomic mass is 10.0. The summed E-state index contributed by atoms with van der Waals surface area (Å²) in [6, 6.07) is 17.9. The summed E-state index contributed by atoms with van der Waals surface area (Å²) in [6.07, 6.45) is 6.90. The van der Waals surface area contributed by atoms with Crippen LogP contribution in [0.1, 0.15) is 24.4 Å². The number of ether oxygens (including phenoxy) is 1. The molecule has 0 fully saturated rings. The minimum atomic E-state index is 0.0113. The van der Waals surface area contributed by atoms with Crippen molar-refractivity contribution in [3.05, 3.63) is 89.2 Å². The summed E-state index contributed by atoms with van der Waals surface area (Å²) in [4.78, 5) is 12.2. The zero-order valence-corrected chi connectivity index (χ0v) is 14.5. The van der Waals surface area contributed by atoms with Crippen molar-refractivity contribution >= 4 is 10.9 Å². The monoisotopic (exact) mass is 333 g/mol. The van der Waals surface area contributed by atoms with Gasteiger partial charge in [0.15, 0.2) is 5.43 Å². The van der Waals surface area contributed by atoms with Gasteiger partial charge in [-0.1, -0.05) is 36.4 Å². The average molecular weight is 333 g/mol. The number of rotatable bonds is 7. The Hall–Kier alpha value is -2.81. The predicted molar refractivity (Wildman–Crippen MR) is 103 cm³/mol. The predicted octanol–water partition coefficient (Wildman–Crippen LogP) is 4.76. The van der Waals surface area contributed by atoms with Gasteiger partial charge in [-0.25, -0.2) is 0 Å². The number of nitrogens with zero attached hydrogens (tertiary/aromatic N) is 1. The third-order valence-corrected chi connectivity index (χ3v) is 4.57. The number of aromatic nitrogens is 1. The van der Waals surface area contributed by atoms with Crippen molar-refractivity contribution in [3.63, 3.8) is 0 Å². The van der Waals surface area contributed by atoms with Gasteiger partial charge < -0.3 is 9.30 Å². The molecule has 3 nitrogen and oxygen atoms in total. The van der Waals surface area contributed by atoms with Crippen molar-refractivity contribution in [2.45, 2.75) is 25.3 Å². The van der Waals surface area contributed by atoms with Gasteiger partial charge in [0.2, 0.25) is 0 Å². The van der Waals surface area contributed by atoms with Gasteiger partial charge >= 0.3 is 0 Å². The molecule has 0 aliphatic heterocycles. The number of fused-ring (bicyclic) bond motifs is 1. The Labute approximate surface area is 148 Å². The first-order valence-electron chi connectivity index (χ1n) is 8.58. The van der Waals surface area contributed by atoms with Crippen molar-refractivity contribution < 1.29 is 4.74 Å². The number of pyridine rings is 1. The Morgan fingerprint density at radius 1 is 1.16 bits per heavy atom. The minimum Gasteiger partial charge on any atom is -0.497 e. The SMILES string of the molecule is C=CC(CCCc1ccccc1)n1ccc(=O)c2cc(OC)ccc21. The molecule has 1 unspecified atom stereocenters. The highest BCUT2D eigenvalue weighted by Gasteiger charge is 2.11. The first-order chi connectivity index (χ1) is 12.2. The van der Waals surface area contributed by atoms with Crippen molar-refractivity contribution in [1.29, 1.82) is 0 Å². The van der Waals surface area contributed by atoms with Crippen LogP contribution >= 0.6 is 0 Å². The maximum Gasteiger partial charge on any atom is 0.189 e. The lowest BCUT2D eigenvalue weighted by Crippen LogP contribution is -2.12. The largest absolute Gasteiger partial charge is 0.497 e. The van der Waals surface area contributed by atoms with Crippen LogP contribution in [0.5, 0.6) is 5.75 Å². The lowest BCUT2D eigenvalue weighted by Gasteiger charge is -2.20. The molecule has 0 N–H and O–H groups in total. The molecule has 3 heteroatoms. The van der Waals surface area contributed by atoms with Crippen molar-refractivity contribution in [2.24, 2.45) is 0 Å². The van der Waals surface area contributed by atoms with Gasteiger partial charge in [-0.3, -0.25) is 4.79 Å². The third-order valence-electron chi connectivity index (χ3n) is 4.57. The van der Waals surface area contributed by atoms with Gasteiger partial charge in [-0.2, -0.15) is 0 Å².